The van der Waals surface area contributed by atoms with Gasteiger partial charge in [0.25, 0.3) is 5.91 Å². The third-order valence-electron chi connectivity index (χ3n) is 3.70. The molecule has 1 amide bonds. The van der Waals surface area contributed by atoms with E-state index in [1.165, 1.54) is 34.1 Å². The van der Waals surface area contributed by atoms with Crippen molar-refractivity contribution < 1.29 is 14.3 Å². The van der Waals surface area contributed by atoms with Gasteiger partial charge in [0.15, 0.2) is 23.1 Å². The van der Waals surface area contributed by atoms with Gasteiger partial charge in [0.2, 0.25) is 0 Å². The van der Waals surface area contributed by atoms with E-state index in [1.54, 1.807) is 36.7 Å². The molecule has 4 rings (SSSR count). The van der Waals surface area contributed by atoms with Crippen LogP contribution in [0.5, 0.6) is 0 Å². The molecule has 0 saturated heterocycles. The summed E-state index contributed by atoms with van der Waals surface area (Å²) in [5.74, 6) is -0.874. The Morgan fingerprint density at radius 1 is 1.23 bits per heavy atom. The monoisotopic (exact) mass is 441 g/mol. The Morgan fingerprint density at radius 2 is 2.07 bits per heavy atom. The van der Waals surface area contributed by atoms with Crippen molar-refractivity contribution in [2.24, 2.45) is 0 Å². The van der Waals surface area contributed by atoms with Gasteiger partial charge in [-0.25, -0.2) is 29.4 Å². The zero-order valence-corrected chi connectivity index (χ0v) is 16.7. The van der Waals surface area contributed by atoms with E-state index < -0.39 is 18.5 Å². The summed E-state index contributed by atoms with van der Waals surface area (Å²) in [6.45, 7) is -0.503. The fourth-order valence-corrected chi connectivity index (χ4v) is 3.32. The third-order valence-corrected chi connectivity index (χ3v) is 4.78. The molecule has 0 saturated carbocycles. The van der Waals surface area contributed by atoms with Crippen LogP contribution in [-0.4, -0.2) is 48.2 Å². The zero-order chi connectivity index (χ0) is 20.9. The Morgan fingerprint density at radius 3 is 2.83 bits per heavy atom. The van der Waals surface area contributed by atoms with E-state index in [-0.39, 0.29) is 5.69 Å². The Bertz CT molecular complexity index is 1180. The van der Waals surface area contributed by atoms with E-state index in [9.17, 15) is 9.59 Å². The minimum Gasteiger partial charge on any atom is -0.451 e. The molecule has 0 aliphatic heterocycles. The summed E-state index contributed by atoms with van der Waals surface area (Å²) in [4.78, 5) is 40.7. The molecule has 4 aromatic rings. The average Bonchev–Trinajstić information content (AvgIpc) is 3.45. The highest BCUT2D eigenvalue weighted by Gasteiger charge is 2.17. The lowest BCUT2D eigenvalue weighted by Crippen LogP contribution is -2.22. The second-order valence-corrected chi connectivity index (χ2v) is 7.03. The van der Waals surface area contributed by atoms with Crippen LogP contribution in [-0.2, 0) is 9.53 Å². The SMILES string of the molecule is O=C(COC(=O)c1csc(-c2ncccn2)n1)Nc1cc(Cl)ccc1-n1cncn1. The number of esters is 1. The van der Waals surface area contributed by atoms with Gasteiger partial charge in [-0.3, -0.25) is 4.79 Å². The van der Waals surface area contributed by atoms with Crippen LogP contribution >= 0.6 is 22.9 Å². The molecular formula is C18H12ClN7O3S. The number of thiazole rings is 1. The van der Waals surface area contributed by atoms with Gasteiger partial charge in [0.05, 0.1) is 11.4 Å². The molecule has 0 atom stereocenters. The van der Waals surface area contributed by atoms with Gasteiger partial charge in [-0.2, -0.15) is 5.10 Å². The summed E-state index contributed by atoms with van der Waals surface area (Å²) in [7, 11) is 0. The molecule has 0 radical (unpaired) electrons. The van der Waals surface area contributed by atoms with E-state index in [4.69, 9.17) is 16.3 Å². The van der Waals surface area contributed by atoms with Crippen LogP contribution in [0, 0.1) is 0 Å². The number of amides is 1. The van der Waals surface area contributed by atoms with Crippen LogP contribution in [0.2, 0.25) is 5.02 Å². The van der Waals surface area contributed by atoms with Crippen LogP contribution in [0.1, 0.15) is 10.5 Å². The van der Waals surface area contributed by atoms with Crippen molar-refractivity contribution in [3.8, 4) is 16.5 Å². The van der Waals surface area contributed by atoms with Gasteiger partial charge in [0.1, 0.15) is 12.7 Å². The minimum atomic E-state index is -0.730. The first-order chi connectivity index (χ1) is 14.6. The van der Waals surface area contributed by atoms with Gasteiger partial charge >= 0.3 is 5.97 Å². The first kappa shape index (κ1) is 19.6. The van der Waals surface area contributed by atoms with Crippen LogP contribution in [0.3, 0.4) is 0 Å². The van der Waals surface area contributed by atoms with Crippen molar-refractivity contribution in [3.05, 3.63) is 65.4 Å². The smallest absolute Gasteiger partial charge is 0.358 e. The lowest BCUT2D eigenvalue weighted by molar-refractivity contribution is -0.119. The maximum atomic E-state index is 12.3. The van der Waals surface area contributed by atoms with E-state index in [0.717, 1.165) is 0 Å². The quantitative estimate of drug-likeness (QED) is 0.452. The van der Waals surface area contributed by atoms with Gasteiger partial charge < -0.3 is 10.1 Å². The summed E-state index contributed by atoms with van der Waals surface area (Å²) in [6.07, 6.45) is 6.00. The van der Waals surface area contributed by atoms with Gasteiger partial charge in [0, 0.05) is 22.8 Å². The molecule has 0 aliphatic rings. The molecule has 3 aromatic heterocycles. The number of hydrogen-bond donors (Lipinski definition) is 1. The zero-order valence-electron chi connectivity index (χ0n) is 15.1. The maximum Gasteiger partial charge on any atom is 0.358 e. The first-order valence-corrected chi connectivity index (χ1v) is 9.70. The average molecular weight is 442 g/mol. The molecule has 150 valence electrons. The van der Waals surface area contributed by atoms with Gasteiger partial charge in [-0.05, 0) is 24.3 Å². The fourth-order valence-electron chi connectivity index (χ4n) is 2.41. The fraction of sp³-hybridized carbons (Fsp3) is 0.0556. The highest BCUT2D eigenvalue weighted by Crippen LogP contribution is 2.24. The van der Waals surface area contributed by atoms with E-state index >= 15 is 0 Å². The molecule has 0 aliphatic carbocycles. The maximum absolute atomic E-state index is 12.3. The largest absolute Gasteiger partial charge is 0.451 e. The summed E-state index contributed by atoms with van der Waals surface area (Å²) in [5.41, 5.74) is 1.02. The molecule has 1 aromatic carbocycles. The number of rotatable bonds is 6. The summed E-state index contributed by atoms with van der Waals surface area (Å²) in [5, 5.41) is 9.10. The Balaban J connectivity index is 1.39. The Kier molecular flexibility index (Phi) is 5.72. The number of carbonyl (C=O) groups is 2. The Hall–Kier alpha value is -3.70. The van der Waals surface area contributed by atoms with E-state index in [1.807, 2.05) is 0 Å². The van der Waals surface area contributed by atoms with Gasteiger partial charge in [-0.1, -0.05) is 11.6 Å². The summed E-state index contributed by atoms with van der Waals surface area (Å²) >= 11 is 7.22. The highest BCUT2D eigenvalue weighted by molar-refractivity contribution is 7.13. The van der Waals surface area contributed by atoms with Crippen LogP contribution in [0.4, 0.5) is 5.69 Å². The third kappa shape index (κ3) is 4.47. The minimum absolute atomic E-state index is 0.0707. The lowest BCUT2D eigenvalue weighted by Gasteiger charge is -2.11. The molecule has 1 N–H and O–H groups in total. The van der Waals surface area contributed by atoms with Crippen molar-refractivity contribution in [1.29, 1.82) is 0 Å². The number of aromatic nitrogens is 6. The molecular weight excluding hydrogens is 430 g/mol. The van der Waals surface area contributed by atoms with Crippen molar-refractivity contribution in [1.82, 2.24) is 29.7 Å². The molecule has 0 unspecified atom stereocenters. The number of ether oxygens (including phenoxy) is 1. The number of hydrogen-bond acceptors (Lipinski definition) is 9. The number of nitrogens with zero attached hydrogens (tertiary/aromatic N) is 6. The summed E-state index contributed by atoms with van der Waals surface area (Å²) in [6, 6.07) is 6.58. The van der Waals surface area contributed by atoms with Crippen LogP contribution < -0.4 is 5.32 Å². The number of halogens is 1. The first-order valence-electron chi connectivity index (χ1n) is 8.44. The topological polar surface area (TPSA) is 125 Å². The predicted molar refractivity (Wildman–Crippen MR) is 108 cm³/mol. The van der Waals surface area contributed by atoms with Crippen molar-refractivity contribution in [2.45, 2.75) is 0 Å². The predicted octanol–water partition coefficient (Wildman–Crippen LogP) is 2.63. The second kappa shape index (κ2) is 8.76. The molecule has 12 heteroatoms. The molecule has 0 bridgehead atoms. The van der Waals surface area contributed by atoms with Crippen molar-refractivity contribution in [3.63, 3.8) is 0 Å². The molecule has 0 fully saturated rings. The number of nitrogens with one attached hydrogen (secondary N) is 1. The van der Waals surface area contributed by atoms with E-state index in [0.29, 0.717) is 27.2 Å². The Labute approximate surface area is 178 Å². The van der Waals surface area contributed by atoms with E-state index in [2.05, 4.69) is 30.4 Å². The second-order valence-electron chi connectivity index (χ2n) is 5.74. The van der Waals surface area contributed by atoms with Crippen molar-refractivity contribution >= 4 is 40.5 Å². The number of carbonyl (C=O) groups excluding carboxylic acids is 2. The standard InChI is InChI=1S/C18H12ClN7O3S/c19-11-2-3-14(26-10-20-9-23-26)12(6-11)24-15(27)7-29-18(28)13-8-30-17(25-13)16-21-4-1-5-22-16/h1-6,8-10H,7H2,(H,24,27). The van der Waals surface area contributed by atoms with Gasteiger partial charge in [-0.15, -0.1) is 11.3 Å². The lowest BCUT2D eigenvalue weighted by atomic mass is 10.2. The molecule has 0 spiro atoms. The number of anilines is 1. The normalized spacial score (nSPS) is 10.6. The molecule has 30 heavy (non-hydrogen) atoms. The molecule has 10 nitrogen and oxygen atoms in total. The number of benzene rings is 1. The highest BCUT2D eigenvalue weighted by atomic mass is 35.5. The van der Waals surface area contributed by atoms with Crippen molar-refractivity contribution in [2.75, 3.05) is 11.9 Å². The van der Waals surface area contributed by atoms with Crippen LogP contribution in [0.25, 0.3) is 16.5 Å². The van der Waals surface area contributed by atoms with Crippen LogP contribution in [0.15, 0.2) is 54.7 Å². The summed E-state index contributed by atoms with van der Waals surface area (Å²) < 4.78 is 6.53. The molecule has 3 heterocycles.